The second-order valence-electron chi connectivity index (χ2n) is 11.0. The average molecular weight is 521 g/mol. The lowest BCUT2D eigenvalue weighted by molar-refractivity contribution is -0.136. The van der Waals surface area contributed by atoms with E-state index >= 15 is 0 Å². The van der Waals surface area contributed by atoms with Crippen molar-refractivity contribution in [2.24, 2.45) is 5.92 Å². The Balaban J connectivity index is 1.19. The second kappa shape index (κ2) is 10.3. The first kappa shape index (κ1) is 24.8. The van der Waals surface area contributed by atoms with E-state index in [-0.39, 0.29) is 30.2 Å². The molecule has 2 aliphatic carbocycles. The first-order valence-electron chi connectivity index (χ1n) is 13.7. The first-order chi connectivity index (χ1) is 18.5. The fourth-order valence-electron chi connectivity index (χ4n) is 6.17. The second-order valence-corrected chi connectivity index (χ2v) is 11.0. The third-order valence-electron chi connectivity index (χ3n) is 8.43. The molecule has 2 aliphatic heterocycles. The van der Waals surface area contributed by atoms with Crippen LogP contribution in [0.4, 0.5) is 16.0 Å². The van der Waals surface area contributed by atoms with Gasteiger partial charge in [-0.3, -0.25) is 19.7 Å². The van der Waals surface area contributed by atoms with E-state index in [2.05, 4.69) is 31.6 Å². The van der Waals surface area contributed by atoms with Crippen molar-refractivity contribution in [3.63, 3.8) is 0 Å². The monoisotopic (exact) mass is 520 g/mol. The summed E-state index contributed by atoms with van der Waals surface area (Å²) in [5.41, 5.74) is 2.73. The molecule has 0 spiro atoms. The van der Waals surface area contributed by atoms with Gasteiger partial charge in [-0.05, 0) is 56.6 Å². The predicted octanol–water partition coefficient (Wildman–Crippen LogP) is 3.41. The first-order valence-corrected chi connectivity index (χ1v) is 13.7. The number of halogens is 1. The van der Waals surface area contributed by atoms with Crippen molar-refractivity contribution in [3.05, 3.63) is 47.5 Å². The van der Waals surface area contributed by atoms with Crippen LogP contribution >= 0.6 is 0 Å². The summed E-state index contributed by atoms with van der Waals surface area (Å²) in [6, 6.07) is 5.87. The Bertz CT molecular complexity index is 1230. The molecule has 4 aliphatic rings. The van der Waals surface area contributed by atoms with Crippen LogP contribution in [-0.2, 0) is 16.1 Å². The maximum absolute atomic E-state index is 13.4. The minimum Gasteiger partial charge on any atom is -0.368 e. The number of aromatic nitrogens is 2. The van der Waals surface area contributed by atoms with E-state index in [1.807, 2.05) is 12.1 Å². The highest BCUT2D eigenvalue weighted by Gasteiger charge is 2.41. The molecule has 0 radical (unpaired) electrons. The van der Waals surface area contributed by atoms with Gasteiger partial charge in [0.15, 0.2) is 5.82 Å². The van der Waals surface area contributed by atoms with Crippen LogP contribution in [0.25, 0.3) is 0 Å². The fraction of sp³-hybridized carbons (Fsp3) is 0.536. The Kier molecular flexibility index (Phi) is 6.71. The summed E-state index contributed by atoms with van der Waals surface area (Å²) in [6.45, 7) is 1.33. The molecule has 3 fully saturated rings. The number of hydrogen-bond acceptors (Lipinski definition) is 7. The molecule has 2 saturated carbocycles. The Labute approximate surface area is 221 Å². The van der Waals surface area contributed by atoms with Gasteiger partial charge in [-0.15, -0.1) is 0 Å². The van der Waals surface area contributed by atoms with E-state index in [0.29, 0.717) is 30.5 Å². The van der Waals surface area contributed by atoms with E-state index in [1.165, 1.54) is 25.2 Å². The molecule has 1 saturated heterocycles. The highest BCUT2D eigenvalue weighted by molar-refractivity contribution is 6.06. The number of imide groups is 1. The number of carbonyl (C=O) groups is 3. The van der Waals surface area contributed by atoms with Gasteiger partial charge < -0.3 is 15.1 Å². The number of amides is 3. The SMILES string of the molecule is O=C1CCC(N2Cc3c(cccc3N(CCC3CC3)C3CCC(Nc4ncc(F)cn4)CC3)C2=O)C(=O)N1. The lowest BCUT2D eigenvalue weighted by Gasteiger charge is -2.39. The van der Waals surface area contributed by atoms with Crippen LogP contribution in [0.15, 0.2) is 30.6 Å². The van der Waals surface area contributed by atoms with Crippen LogP contribution in [0.2, 0.25) is 0 Å². The highest BCUT2D eigenvalue weighted by atomic mass is 19.1. The summed E-state index contributed by atoms with van der Waals surface area (Å²) in [5, 5.41) is 5.73. The van der Waals surface area contributed by atoms with Crippen LogP contribution in [0.3, 0.4) is 0 Å². The number of nitrogens with one attached hydrogen (secondary N) is 2. The number of piperidine rings is 1. The summed E-state index contributed by atoms with van der Waals surface area (Å²) in [5.74, 6) is -0.0110. The molecule has 9 nitrogen and oxygen atoms in total. The van der Waals surface area contributed by atoms with E-state index in [1.54, 1.807) is 4.90 Å². The molecule has 3 amide bonds. The molecule has 0 bridgehead atoms. The van der Waals surface area contributed by atoms with Gasteiger partial charge in [0.05, 0.1) is 12.4 Å². The summed E-state index contributed by atoms with van der Waals surface area (Å²) < 4.78 is 13.2. The number of rotatable bonds is 8. The molecule has 2 N–H and O–H groups in total. The number of nitrogens with zero attached hydrogens (tertiary/aromatic N) is 4. The van der Waals surface area contributed by atoms with Crippen molar-refractivity contribution in [2.45, 2.75) is 82.5 Å². The van der Waals surface area contributed by atoms with Gasteiger partial charge in [0.25, 0.3) is 5.91 Å². The van der Waals surface area contributed by atoms with Crippen molar-refractivity contribution in [3.8, 4) is 0 Å². The molecule has 10 heteroatoms. The number of benzene rings is 1. The molecule has 3 heterocycles. The summed E-state index contributed by atoms with van der Waals surface area (Å²) in [7, 11) is 0. The topological polar surface area (TPSA) is 108 Å². The smallest absolute Gasteiger partial charge is 0.255 e. The van der Waals surface area contributed by atoms with Crippen molar-refractivity contribution in [1.29, 1.82) is 0 Å². The largest absolute Gasteiger partial charge is 0.368 e. The standard InChI is InChI=1S/C28H33FN6O3/c29-18-14-30-28(31-15-18)32-19-6-8-20(9-7-19)34(13-12-17-4-5-17)23-3-1-2-21-22(23)16-35(27(21)38)24-10-11-25(36)33-26(24)37/h1-3,14-15,17,19-20,24H,4-13,16H2,(H,30,31,32)(H,33,36,37). The number of anilines is 2. The normalized spacial score (nSPS) is 25.2. The van der Waals surface area contributed by atoms with Crippen LogP contribution in [0, 0.1) is 11.7 Å². The zero-order valence-electron chi connectivity index (χ0n) is 21.4. The quantitative estimate of drug-likeness (QED) is 0.514. The summed E-state index contributed by atoms with van der Waals surface area (Å²) >= 11 is 0. The van der Waals surface area contributed by atoms with Crippen molar-refractivity contribution >= 4 is 29.4 Å². The summed E-state index contributed by atoms with van der Waals surface area (Å²) in [6.07, 6.45) is 10.5. The molecule has 2 aromatic rings. The minimum atomic E-state index is -0.615. The molecule has 1 unspecified atom stereocenters. The van der Waals surface area contributed by atoms with Gasteiger partial charge in [-0.2, -0.15) is 0 Å². The molecule has 1 aromatic heterocycles. The Morgan fingerprint density at radius 1 is 1.03 bits per heavy atom. The highest BCUT2D eigenvalue weighted by Crippen LogP contribution is 2.39. The maximum atomic E-state index is 13.4. The summed E-state index contributed by atoms with van der Waals surface area (Å²) in [4.78, 5) is 49.8. The molecule has 200 valence electrons. The van der Waals surface area contributed by atoms with E-state index in [4.69, 9.17) is 0 Å². The van der Waals surface area contributed by atoms with Gasteiger partial charge in [-0.1, -0.05) is 18.9 Å². The third kappa shape index (κ3) is 5.08. The van der Waals surface area contributed by atoms with Gasteiger partial charge >= 0.3 is 0 Å². The molecular formula is C28H33FN6O3. The van der Waals surface area contributed by atoms with Crippen LogP contribution in [0.1, 0.15) is 73.7 Å². The maximum Gasteiger partial charge on any atom is 0.255 e. The predicted molar refractivity (Wildman–Crippen MR) is 139 cm³/mol. The van der Waals surface area contributed by atoms with Crippen LogP contribution in [-0.4, -0.2) is 57.3 Å². The molecular weight excluding hydrogens is 487 g/mol. The van der Waals surface area contributed by atoms with Crippen molar-refractivity contribution < 1.29 is 18.8 Å². The van der Waals surface area contributed by atoms with Crippen molar-refractivity contribution in [1.82, 2.24) is 20.2 Å². The Hall–Kier alpha value is -3.56. The van der Waals surface area contributed by atoms with Gasteiger partial charge in [0.1, 0.15) is 6.04 Å². The zero-order chi connectivity index (χ0) is 26.2. The molecule has 6 rings (SSSR count). The number of hydrogen-bond donors (Lipinski definition) is 2. The van der Waals surface area contributed by atoms with Gasteiger partial charge in [0.2, 0.25) is 17.8 Å². The zero-order valence-corrected chi connectivity index (χ0v) is 21.4. The molecule has 38 heavy (non-hydrogen) atoms. The number of carbonyl (C=O) groups excluding carboxylic acids is 3. The van der Waals surface area contributed by atoms with Crippen LogP contribution in [0.5, 0.6) is 0 Å². The van der Waals surface area contributed by atoms with Gasteiger partial charge in [0, 0.05) is 48.4 Å². The minimum absolute atomic E-state index is 0.134. The Morgan fingerprint density at radius 2 is 1.79 bits per heavy atom. The van der Waals surface area contributed by atoms with Crippen molar-refractivity contribution in [2.75, 3.05) is 16.8 Å². The fourth-order valence-corrected chi connectivity index (χ4v) is 6.17. The number of fused-ring (bicyclic) bond motifs is 1. The van der Waals surface area contributed by atoms with Gasteiger partial charge in [-0.25, -0.2) is 14.4 Å². The van der Waals surface area contributed by atoms with E-state index < -0.39 is 11.9 Å². The lowest BCUT2D eigenvalue weighted by atomic mass is 9.89. The third-order valence-corrected chi connectivity index (χ3v) is 8.43. The van der Waals surface area contributed by atoms with E-state index in [0.717, 1.165) is 55.8 Å². The van der Waals surface area contributed by atoms with Crippen LogP contribution < -0.4 is 15.5 Å². The lowest BCUT2D eigenvalue weighted by Crippen LogP contribution is -2.52. The molecule has 1 aromatic carbocycles. The average Bonchev–Trinajstić information content (AvgIpc) is 3.69. The van der Waals surface area contributed by atoms with E-state index in [9.17, 15) is 18.8 Å². The Morgan fingerprint density at radius 3 is 2.50 bits per heavy atom. The molecule has 1 atom stereocenters.